The summed E-state index contributed by atoms with van der Waals surface area (Å²) in [4.78, 5) is 23.4. The third kappa shape index (κ3) is 2.60. The number of carbonyl (C=O) groups is 2. The molecule has 5 heteroatoms. The number of aliphatic carboxylic acids is 1. The van der Waals surface area contributed by atoms with E-state index in [2.05, 4.69) is 13.8 Å². The Morgan fingerprint density at radius 1 is 1.04 bits per heavy atom. The Hall–Kier alpha value is -1.10. The normalized spacial score (nSPS) is 50.2. The molecule has 4 fully saturated rings. The van der Waals surface area contributed by atoms with E-state index >= 15 is 0 Å². The van der Waals surface area contributed by atoms with Crippen LogP contribution in [0.25, 0.3) is 0 Å². The molecule has 0 aromatic rings. The van der Waals surface area contributed by atoms with E-state index in [4.69, 9.17) is 10.5 Å². The molecular formula is C23H37NO4. The number of rotatable bonds is 3. The first-order chi connectivity index (χ1) is 13.2. The van der Waals surface area contributed by atoms with Crippen LogP contribution in [0.2, 0.25) is 0 Å². The fourth-order valence-corrected chi connectivity index (χ4v) is 8.61. The number of carbonyl (C=O) groups excluding carboxylic acids is 1. The predicted octanol–water partition coefficient (Wildman–Crippen LogP) is 3.99. The van der Waals surface area contributed by atoms with Crippen molar-refractivity contribution in [2.45, 2.75) is 84.7 Å². The van der Waals surface area contributed by atoms with E-state index in [9.17, 15) is 14.7 Å². The molecule has 0 unspecified atom stereocenters. The van der Waals surface area contributed by atoms with E-state index in [1.54, 1.807) is 0 Å². The third-order valence-corrected chi connectivity index (χ3v) is 10.1. The van der Waals surface area contributed by atoms with Crippen molar-refractivity contribution >= 4 is 11.9 Å². The maximum Gasteiger partial charge on any atom is 0.307 e. The Balaban J connectivity index is 1.62. The van der Waals surface area contributed by atoms with Gasteiger partial charge in [-0.2, -0.15) is 0 Å². The first-order valence-electron chi connectivity index (χ1n) is 11.3. The van der Waals surface area contributed by atoms with Crippen molar-refractivity contribution in [2.75, 3.05) is 6.54 Å². The largest absolute Gasteiger partial charge is 0.481 e. The van der Waals surface area contributed by atoms with Gasteiger partial charge in [0.15, 0.2) is 0 Å². The maximum atomic E-state index is 12.0. The van der Waals surface area contributed by atoms with Gasteiger partial charge in [-0.15, -0.1) is 0 Å². The minimum absolute atomic E-state index is 0.0281. The number of esters is 1. The lowest BCUT2D eigenvalue weighted by Gasteiger charge is -2.65. The van der Waals surface area contributed by atoms with Crippen molar-refractivity contribution in [2.24, 2.45) is 45.7 Å². The second-order valence-corrected chi connectivity index (χ2v) is 10.7. The van der Waals surface area contributed by atoms with E-state index in [1.165, 1.54) is 6.92 Å². The topological polar surface area (TPSA) is 89.6 Å². The van der Waals surface area contributed by atoms with Crippen molar-refractivity contribution in [1.29, 1.82) is 0 Å². The van der Waals surface area contributed by atoms with Gasteiger partial charge in [0.2, 0.25) is 0 Å². The number of hydrogen-bond donors (Lipinski definition) is 2. The van der Waals surface area contributed by atoms with Gasteiger partial charge in [0.25, 0.3) is 0 Å². The molecule has 28 heavy (non-hydrogen) atoms. The van der Waals surface area contributed by atoms with Crippen LogP contribution in [0.3, 0.4) is 0 Å². The zero-order valence-corrected chi connectivity index (χ0v) is 17.7. The Morgan fingerprint density at radius 2 is 1.79 bits per heavy atom. The standard InChI is InChI=1S/C23H37NO4/c1-14(25)28-16-6-9-21(2)15(12-16)4-5-18-17(21)7-10-22(3)19(20(26)27)8-11-23(18,22)13-24/h15-19H,4-13,24H2,1-3H3,(H,26,27)/t15-,16+,17+,18-,19-,21+,22-,23+/m1/s1. The molecule has 0 aromatic heterocycles. The highest BCUT2D eigenvalue weighted by molar-refractivity contribution is 5.72. The predicted molar refractivity (Wildman–Crippen MR) is 106 cm³/mol. The van der Waals surface area contributed by atoms with E-state index < -0.39 is 5.97 Å². The lowest BCUT2D eigenvalue weighted by molar-refractivity contribution is -0.180. The molecule has 8 atom stereocenters. The summed E-state index contributed by atoms with van der Waals surface area (Å²) in [6.07, 6.45) is 9.29. The van der Waals surface area contributed by atoms with Crippen molar-refractivity contribution in [3.8, 4) is 0 Å². The van der Waals surface area contributed by atoms with Crippen LogP contribution in [0.5, 0.6) is 0 Å². The number of fused-ring (bicyclic) bond motifs is 5. The average molecular weight is 392 g/mol. The number of ether oxygens (including phenoxy) is 1. The molecule has 0 heterocycles. The Bertz CT molecular complexity index is 665. The van der Waals surface area contributed by atoms with Gasteiger partial charge in [-0.3, -0.25) is 9.59 Å². The molecule has 4 rings (SSSR count). The molecule has 158 valence electrons. The van der Waals surface area contributed by atoms with E-state index in [1.807, 2.05) is 0 Å². The summed E-state index contributed by atoms with van der Waals surface area (Å²) in [6.45, 7) is 6.82. The molecule has 4 aliphatic rings. The molecular weight excluding hydrogens is 354 g/mol. The SMILES string of the molecule is CC(=O)O[C@H]1CC[C@@]2(C)[C@H](CC[C@@H]3[C@@H]2CC[C@]2(C)[C@@H](C(=O)O)CC[C@]32CN)C1. The second kappa shape index (κ2) is 6.72. The summed E-state index contributed by atoms with van der Waals surface area (Å²) >= 11 is 0. The second-order valence-electron chi connectivity index (χ2n) is 10.7. The van der Waals surface area contributed by atoms with E-state index in [0.29, 0.717) is 24.3 Å². The van der Waals surface area contributed by atoms with Crippen LogP contribution in [0, 0.1) is 39.9 Å². The van der Waals surface area contributed by atoms with E-state index in [-0.39, 0.29) is 34.2 Å². The van der Waals surface area contributed by atoms with Crippen molar-refractivity contribution < 1.29 is 19.4 Å². The number of hydrogen-bond acceptors (Lipinski definition) is 4. The Kier molecular flexibility index (Phi) is 4.84. The van der Waals surface area contributed by atoms with Crippen LogP contribution >= 0.6 is 0 Å². The minimum atomic E-state index is -0.627. The van der Waals surface area contributed by atoms with Gasteiger partial charge in [0.05, 0.1) is 5.92 Å². The fourth-order valence-electron chi connectivity index (χ4n) is 8.61. The third-order valence-electron chi connectivity index (χ3n) is 10.1. The Labute approximate surface area is 168 Å². The number of carboxylic acids is 1. The molecule has 0 saturated heterocycles. The zero-order chi connectivity index (χ0) is 20.3. The summed E-state index contributed by atoms with van der Waals surface area (Å²) in [6, 6.07) is 0. The highest BCUT2D eigenvalue weighted by Crippen LogP contribution is 2.72. The monoisotopic (exact) mass is 391 g/mol. The first-order valence-corrected chi connectivity index (χ1v) is 11.3. The molecule has 0 bridgehead atoms. The minimum Gasteiger partial charge on any atom is -0.481 e. The molecule has 0 aromatic carbocycles. The lowest BCUT2D eigenvalue weighted by atomic mass is 9.40. The molecule has 4 saturated carbocycles. The summed E-state index contributed by atoms with van der Waals surface area (Å²) < 4.78 is 5.56. The molecule has 0 aliphatic heterocycles. The Morgan fingerprint density at radius 3 is 2.43 bits per heavy atom. The van der Waals surface area contributed by atoms with Crippen LogP contribution in [0.15, 0.2) is 0 Å². The lowest BCUT2D eigenvalue weighted by Crippen LogP contribution is -2.61. The average Bonchev–Trinajstić information content (AvgIpc) is 2.95. The van der Waals surface area contributed by atoms with E-state index in [0.717, 1.165) is 57.8 Å². The smallest absolute Gasteiger partial charge is 0.307 e. The number of nitrogens with two attached hydrogens (primary N) is 1. The summed E-state index contributed by atoms with van der Waals surface area (Å²) in [5.41, 5.74) is 6.54. The first kappa shape index (κ1) is 20.2. The van der Waals surface area contributed by atoms with Crippen molar-refractivity contribution in [3.05, 3.63) is 0 Å². The summed E-state index contributed by atoms with van der Waals surface area (Å²) in [5, 5.41) is 9.88. The highest BCUT2D eigenvalue weighted by Gasteiger charge is 2.68. The van der Waals surface area contributed by atoms with Crippen molar-refractivity contribution in [1.82, 2.24) is 0 Å². The van der Waals surface area contributed by atoms with Crippen LogP contribution in [0.4, 0.5) is 0 Å². The van der Waals surface area contributed by atoms with Gasteiger partial charge in [0, 0.05) is 6.92 Å². The molecule has 0 spiro atoms. The maximum absolute atomic E-state index is 12.0. The quantitative estimate of drug-likeness (QED) is 0.710. The van der Waals surface area contributed by atoms with Gasteiger partial charge in [-0.1, -0.05) is 13.8 Å². The van der Waals surface area contributed by atoms with Crippen LogP contribution in [-0.2, 0) is 14.3 Å². The molecule has 3 N–H and O–H groups in total. The highest BCUT2D eigenvalue weighted by atomic mass is 16.5. The zero-order valence-electron chi connectivity index (χ0n) is 17.7. The van der Waals surface area contributed by atoms with Crippen LogP contribution < -0.4 is 5.73 Å². The van der Waals surface area contributed by atoms with Gasteiger partial charge in [0.1, 0.15) is 6.10 Å². The van der Waals surface area contributed by atoms with Gasteiger partial charge in [-0.05, 0) is 98.3 Å². The fraction of sp³-hybridized carbons (Fsp3) is 0.913. The van der Waals surface area contributed by atoms with Gasteiger partial charge < -0.3 is 15.6 Å². The number of carboxylic acid groups (broad SMARTS) is 1. The van der Waals surface area contributed by atoms with Crippen LogP contribution in [-0.4, -0.2) is 29.7 Å². The molecule has 0 amide bonds. The van der Waals surface area contributed by atoms with Gasteiger partial charge in [-0.25, -0.2) is 0 Å². The van der Waals surface area contributed by atoms with Gasteiger partial charge >= 0.3 is 11.9 Å². The molecule has 0 radical (unpaired) electrons. The molecule has 5 nitrogen and oxygen atoms in total. The summed E-state index contributed by atoms with van der Waals surface area (Å²) in [7, 11) is 0. The van der Waals surface area contributed by atoms with Crippen molar-refractivity contribution in [3.63, 3.8) is 0 Å². The molecule has 4 aliphatic carbocycles. The van der Waals surface area contributed by atoms with Crippen LogP contribution in [0.1, 0.15) is 78.6 Å². The summed E-state index contributed by atoms with van der Waals surface area (Å²) in [5.74, 6) is 0.715.